The Labute approximate surface area is 117 Å². The lowest BCUT2D eigenvalue weighted by atomic mass is 10.1. The highest BCUT2D eigenvalue weighted by Gasteiger charge is 2.27. The monoisotopic (exact) mass is 277 g/mol. The Morgan fingerprint density at radius 3 is 2.55 bits per heavy atom. The molecule has 1 aliphatic rings. The van der Waals surface area contributed by atoms with E-state index < -0.39 is 5.97 Å². The molecular weight excluding hydrogens is 258 g/mol. The molecule has 5 heteroatoms. The van der Waals surface area contributed by atoms with Crippen LogP contribution in [0, 0.1) is 0 Å². The summed E-state index contributed by atoms with van der Waals surface area (Å²) in [5.41, 5.74) is 1.27. The fourth-order valence-electron chi connectivity index (χ4n) is 2.25. The van der Waals surface area contributed by atoms with Crippen LogP contribution in [-0.2, 0) is 16.0 Å². The van der Waals surface area contributed by atoms with Crippen LogP contribution in [0.25, 0.3) is 0 Å². The molecule has 1 heterocycles. The van der Waals surface area contributed by atoms with Gasteiger partial charge in [-0.25, -0.2) is 4.79 Å². The van der Waals surface area contributed by atoms with Crippen molar-refractivity contribution in [1.29, 1.82) is 0 Å². The number of amides is 1. The molecule has 2 rings (SSSR count). The van der Waals surface area contributed by atoms with Gasteiger partial charge in [-0.2, -0.15) is 0 Å². The Hall–Kier alpha value is -1.88. The van der Waals surface area contributed by atoms with E-state index in [0.29, 0.717) is 13.0 Å². The number of hydrogen-bond donors (Lipinski definition) is 2. The lowest BCUT2D eigenvalue weighted by Crippen LogP contribution is -2.35. The van der Waals surface area contributed by atoms with Gasteiger partial charge in [0, 0.05) is 6.54 Å². The zero-order chi connectivity index (χ0) is 14.5. The Bertz CT molecular complexity index is 483. The van der Waals surface area contributed by atoms with Gasteiger partial charge in [-0.05, 0) is 43.9 Å². The molecule has 0 saturated carbocycles. The molecule has 108 valence electrons. The van der Waals surface area contributed by atoms with E-state index in [0.717, 1.165) is 18.4 Å². The van der Waals surface area contributed by atoms with Gasteiger partial charge in [0.05, 0.1) is 11.7 Å². The fraction of sp³-hybridized carbons (Fsp3) is 0.467. The van der Waals surface area contributed by atoms with Gasteiger partial charge in [0.1, 0.15) is 6.10 Å². The molecule has 1 fully saturated rings. The quantitative estimate of drug-likeness (QED) is 0.857. The third-order valence-corrected chi connectivity index (χ3v) is 3.44. The second-order valence-electron chi connectivity index (χ2n) is 5.06. The highest BCUT2D eigenvalue weighted by Crippen LogP contribution is 2.18. The Kier molecular flexibility index (Phi) is 4.74. The predicted octanol–water partition coefficient (Wildman–Crippen LogP) is 1.61. The summed E-state index contributed by atoms with van der Waals surface area (Å²) in [5, 5.41) is 11.6. The maximum atomic E-state index is 11.8. The van der Waals surface area contributed by atoms with Crippen molar-refractivity contribution < 1.29 is 19.4 Å². The molecule has 0 spiro atoms. The van der Waals surface area contributed by atoms with E-state index in [2.05, 4.69) is 5.32 Å². The smallest absolute Gasteiger partial charge is 0.335 e. The molecule has 20 heavy (non-hydrogen) atoms. The van der Waals surface area contributed by atoms with E-state index in [-0.39, 0.29) is 23.7 Å². The van der Waals surface area contributed by atoms with Gasteiger partial charge < -0.3 is 15.2 Å². The number of ether oxygens (including phenoxy) is 1. The van der Waals surface area contributed by atoms with Gasteiger partial charge in [0.25, 0.3) is 0 Å². The predicted molar refractivity (Wildman–Crippen MR) is 73.7 cm³/mol. The summed E-state index contributed by atoms with van der Waals surface area (Å²) < 4.78 is 5.49. The number of carboxylic acid groups (broad SMARTS) is 1. The van der Waals surface area contributed by atoms with Crippen LogP contribution in [0.1, 0.15) is 35.7 Å². The minimum atomic E-state index is -0.933. The first kappa shape index (κ1) is 14.5. The summed E-state index contributed by atoms with van der Waals surface area (Å²) in [4.78, 5) is 22.5. The molecule has 2 atom stereocenters. The number of rotatable bonds is 5. The number of aromatic carboxylic acids is 1. The second kappa shape index (κ2) is 6.52. The first-order valence-corrected chi connectivity index (χ1v) is 6.81. The van der Waals surface area contributed by atoms with Gasteiger partial charge in [-0.1, -0.05) is 12.1 Å². The van der Waals surface area contributed by atoms with Crippen LogP contribution in [0.15, 0.2) is 24.3 Å². The van der Waals surface area contributed by atoms with E-state index in [9.17, 15) is 9.59 Å². The van der Waals surface area contributed by atoms with E-state index in [4.69, 9.17) is 9.84 Å². The summed E-state index contributed by atoms with van der Waals surface area (Å²) in [6.45, 7) is 2.50. The van der Waals surface area contributed by atoms with Crippen molar-refractivity contribution in [2.45, 2.75) is 38.4 Å². The van der Waals surface area contributed by atoms with Gasteiger partial charge >= 0.3 is 5.97 Å². The van der Waals surface area contributed by atoms with Gasteiger partial charge in [-0.3, -0.25) is 4.79 Å². The third-order valence-electron chi connectivity index (χ3n) is 3.44. The van der Waals surface area contributed by atoms with Crippen molar-refractivity contribution in [2.75, 3.05) is 6.54 Å². The molecule has 1 aromatic rings. The van der Waals surface area contributed by atoms with Crippen molar-refractivity contribution in [3.05, 3.63) is 35.4 Å². The molecule has 1 amide bonds. The molecule has 5 nitrogen and oxygen atoms in total. The molecule has 0 bridgehead atoms. The molecule has 0 unspecified atom stereocenters. The molecule has 0 aromatic heterocycles. The number of hydrogen-bond acceptors (Lipinski definition) is 3. The summed E-state index contributed by atoms with van der Waals surface area (Å²) in [6, 6.07) is 6.68. The minimum absolute atomic E-state index is 0.0588. The van der Waals surface area contributed by atoms with Gasteiger partial charge in [0.15, 0.2) is 0 Å². The average molecular weight is 277 g/mol. The molecule has 1 saturated heterocycles. The SMILES string of the molecule is C[C@@H]1CC[C@@H](C(=O)NCCc2ccc(C(=O)O)cc2)O1. The van der Waals surface area contributed by atoms with Crippen molar-refractivity contribution >= 4 is 11.9 Å². The summed E-state index contributed by atoms with van der Waals surface area (Å²) in [5.74, 6) is -0.992. The second-order valence-corrected chi connectivity index (χ2v) is 5.06. The Morgan fingerprint density at radius 1 is 1.30 bits per heavy atom. The number of carboxylic acids is 1. The topological polar surface area (TPSA) is 75.6 Å². The molecule has 2 N–H and O–H groups in total. The van der Waals surface area contributed by atoms with Crippen molar-refractivity contribution in [1.82, 2.24) is 5.32 Å². The van der Waals surface area contributed by atoms with Crippen LogP contribution in [-0.4, -0.2) is 35.7 Å². The van der Waals surface area contributed by atoms with Crippen molar-refractivity contribution in [3.63, 3.8) is 0 Å². The highest BCUT2D eigenvalue weighted by atomic mass is 16.5. The lowest BCUT2D eigenvalue weighted by molar-refractivity contribution is -0.131. The summed E-state index contributed by atoms with van der Waals surface area (Å²) in [6.07, 6.45) is 2.22. The number of nitrogens with one attached hydrogen (secondary N) is 1. The highest BCUT2D eigenvalue weighted by molar-refractivity contribution is 5.87. The maximum absolute atomic E-state index is 11.8. The van der Waals surface area contributed by atoms with Crippen LogP contribution in [0.4, 0.5) is 0 Å². The Morgan fingerprint density at radius 2 is 2.00 bits per heavy atom. The largest absolute Gasteiger partial charge is 0.478 e. The van der Waals surface area contributed by atoms with Crippen LogP contribution in [0.5, 0.6) is 0 Å². The van der Waals surface area contributed by atoms with Gasteiger partial charge in [0.2, 0.25) is 5.91 Å². The molecule has 0 radical (unpaired) electrons. The van der Waals surface area contributed by atoms with E-state index >= 15 is 0 Å². The third kappa shape index (κ3) is 3.81. The number of carbonyl (C=O) groups excluding carboxylic acids is 1. The van der Waals surface area contributed by atoms with Gasteiger partial charge in [-0.15, -0.1) is 0 Å². The first-order valence-electron chi connectivity index (χ1n) is 6.81. The Balaban J connectivity index is 1.75. The maximum Gasteiger partial charge on any atom is 0.335 e. The van der Waals surface area contributed by atoms with E-state index in [1.165, 1.54) is 0 Å². The molecule has 1 aromatic carbocycles. The van der Waals surface area contributed by atoms with Crippen molar-refractivity contribution in [3.8, 4) is 0 Å². The number of carbonyl (C=O) groups is 2. The summed E-state index contributed by atoms with van der Waals surface area (Å²) >= 11 is 0. The van der Waals surface area contributed by atoms with Crippen molar-refractivity contribution in [2.24, 2.45) is 0 Å². The minimum Gasteiger partial charge on any atom is -0.478 e. The van der Waals surface area contributed by atoms with Crippen LogP contribution in [0.3, 0.4) is 0 Å². The lowest BCUT2D eigenvalue weighted by Gasteiger charge is -2.11. The number of benzene rings is 1. The zero-order valence-electron chi connectivity index (χ0n) is 11.5. The van der Waals surface area contributed by atoms with E-state index in [1.54, 1.807) is 24.3 Å². The fourth-order valence-corrected chi connectivity index (χ4v) is 2.25. The average Bonchev–Trinajstić information content (AvgIpc) is 2.86. The molecule has 0 aliphatic carbocycles. The van der Waals surface area contributed by atoms with Crippen LogP contribution < -0.4 is 5.32 Å². The first-order chi connectivity index (χ1) is 9.56. The van der Waals surface area contributed by atoms with E-state index in [1.807, 2.05) is 6.92 Å². The van der Waals surface area contributed by atoms with Crippen LogP contribution in [0.2, 0.25) is 0 Å². The molecule has 1 aliphatic heterocycles. The van der Waals surface area contributed by atoms with Crippen LogP contribution >= 0.6 is 0 Å². The molecular formula is C15H19NO4. The standard InChI is InChI=1S/C15H19NO4/c1-10-2-7-13(20-10)14(17)16-9-8-11-3-5-12(6-4-11)15(18)19/h3-6,10,13H,2,7-9H2,1H3,(H,16,17)(H,18,19)/t10-,13+/m1/s1. The normalized spacial score (nSPS) is 21.6. The zero-order valence-corrected chi connectivity index (χ0v) is 11.5. The summed E-state index contributed by atoms with van der Waals surface area (Å²) in [7, 11) is 0.